The molecule has 0 fully saturated rings. The second-order valence-electron chi connectivity index (χ2n) is 3.74. The monoisotopic (exact) mass is 255 g/mol. The molecule has 17 heavy (non-hydrogen) atoms. The molecular formula is C13H21NO2S. The summed E-state index contributed by atoms with van der Waals surface area (Å²) < 4.78 is 11.0. The Morgan fingerprint density at radius 2 is 2.18 bits per heavy atom. The van der Waals surface area contributed by atoms with E-state index in [1.54, 1.807) is 7.11 Å². The normalized spacial score (nSPS) is 12.2. The lowest BCUT2D eigenvalue weighted by molar-refractivity contribution is 0.334. The molecule has 0 heterocycles. The highest BCUT2D eigenvalue weighted by Crippen LogP contribution is 2.28. The van der Waals surface area contributed by atoms with Crippen molar-refractivity contribution in [3.63, 3.8) is 0 Å². The van der Waals surface area contributed by atoms with Crippen LogP contribution >= 0.6 is 11.8 Å². The van der Waals surface area contributed by atoms with E-state index in [1.165, 1.54) is 0 Å². The highest BCUT2D eigenvalue weighted by atomic mass is 32.2. The fraction of sp³-hybridized carbons (Fsp3) is 0.538. The van der Waals surface area contributed by atoms with Crippen LogP contribution in [0.25, 0.3) is 0 Å². The maximum absolute atomic E-state index is 5.91. The van der Waals surface area contributed by atoms with E-state index in [0.717, 1.165) is 28.6 Å². The van der Waals surface area contributed by atoms with Gasteiger partial charge in [-0.25, -0.2) is 0 Å². The molecule has 0 radical (unpaired) electrons. The smallest absolute Gasteiger partial charge is 0.127 e. The van der Waals surface area contributed by atoms with Crippen molar-refractivity contribution in [2.75, 3.05) is 25.2 Å². The summed E-state index contributed by atoms with van der Waals surface area (Å²) in [5, 5.41) is 0. The Hall–Kier alpha value is -0.870. The minimum absolute atomic E-state index is 0.0327. The zero-order valence-electron chi connectivity index (χ0n) is 10.7. The van der Waals surface area contributed by atoms with E-state index in [9.17, 15) is 0 Å². The zero-order chi connectivity index (χ0) is 12.7. The van der Waals surface area contributed by atoms with E-state index in [2.05, 4.69) is 6.92 Å². The SMILES string of the molecule is CCSCCOc1cc(OC)ccc1[C@H](C)N. The van der Waals surface area contributed by atoms with Crippen LogP contribution in [0.1, 0.15) is 25.5 Å². The molecule has 0 saturated carbocycles. The summed E-state index contributed by atoms with van der Waals surface area (Å²) in [7, 11) is 1.65. The minimum Gasteiger partial charge on any atom is -0.497 e. The minimum atomic E-state index is -0.0327. The van der Waals surface area contributed by atoms with Gasteiger partial charge in [0, 0.05) is 23.4 Å². The highest BCUT2D eigenvalue weighted by molar-refractivity contribution is 7.99. The lowest BCUT2D eigenvalue weighted by Crippen LogP contribution is -2.09. The summed E-state index contributed by atoms with van der Waals surface area (Å²) in [5.41, 5.74) is 6.93. The number of hydrogen-bond acceptors (Lipinski definition) is 4. The van der Waals surface area contributed by atoms with Gasteiger partial charge in [-0.05, 0) is 18.7 Å². The molecule has 2 N–H and O–H groups in total. The molecule has 0 aromatic heterocycles. The van der Waals surface area contributed by atoms with Crippen molar-refractivity contribution in [1.82, 2.24) is 0 Å². The maximum Gasteiger partial charge on any atom is 0.127 e. The fourth-order valence-electron chi connectivity index (χ4n) is 1.50. The third-order valence-corrected chi connectivity index (χ3v) is 3.26. The first-order chi connectivity index (χ1) is 8.19. The quantitative estimate of drug-likeness (QED) is 0.761. The largest absolute Gasteiger partial charge is 0.497 e. The predicted molar refractivity (Wildman–Crippen MR) is 74.1 cm³/mol. The van der Waals surface area contributed by atoms with E-state index < -0.39 is 0 Å². The van der Waals surface area contributed by atoms with Gasteiger partial charge in [0.15, 0.2) is 0 Å². The molecule has 1 aromatic carbocycles. The Bertz CT molecular complexity index is 342. The van der Waals surface area contributed by atoms with Crippen molar-refractivity contribution in [3.05, 3.63) is 23.8 Å². The summed E-state index contributed by atoms with van der Waals surface area (Å²) in [6.07, 6.45) is 0. The van der Waals surface area contributed by atoms with Crippen molar-refractivity contribution in [3.8, 4) is 11.5 Å². The van der Waals surface area contributed by atoms with Gasteiger partial charge in [0.05, 0.1) is 13.7 Å². The number of hydrogen-bond donors (Lipinski definition) is 1. The second kappa shape index (κ2) is 7.45. The number of benzene rings is 1. The molecule has 0 aliphatic rings. The number of ether oxygens (including phenoxy) is 2. The maximum atomic E-state index is 5.91. The van der Waals surface area contributed by atoms with Crippen LogP contribution in [0.5, 0.6) is 11.5 Å². The lowest BCUT2D eigenvalue weighted by Gasteiger charge is -2.15. The summed E-state index contributed by atoms with van der Waals surface area (Å²) in [5.74, 6) is 3.73. The molecule has 3 nitrogen and oxygen atoms in total. The van der Waals surface area contributed by atoms with Gasteiger partial charge in [0.1, 0.15) is 11.5 Å². The van der Waals surface area contributed by atoms with Crippen LogP contribution in [0.3, 0.4) is 0 Å². The van der Waals surface area contributed by atoms with Crippen molar-refractivity contribution < 1.29 is 9.47 Å². The third kappa shape index (κ3) is 4.48. The van der Waals surface area contributed by atoms with Gasteiger partial charge in [-0.2, -0.15) is 11.8 Å². The van der Waals surface area contributed by atoms with Crippen LogP contribution in [0.4, 0.5) is 0 Å². The van der Waals surface area contributed by atoms with Crippen LogP contribution in [0.15, 0.2) is 18.2 Å². The molecule has 0 bridgehead atoms. The first-order valence-corrected chi connectivity index (χ1v) is 6.98. The van der Waals surface area contributed by atoms with Crippen molar-refractivity contribution in [2.45, 2.75) is 19.9 Å². The van der Waals surface area contributed by atoms with Gasteiger partial charge in [-0.15, -0.1) is 0 Å². The zero-order valence-corrected chi connectivity index (χ0v) is 11.5. The van der Waals surface area contributed by atoms with Gasteiger partial charge in [-0.1, -0.05) is 13.0 Å². The molecule has 4 heteroatoms. The first kappa shape index (κ1) is 14.2. The molecule has 0 unspecified atom stereocenters. The van der Waals surface area contributed by atoms with Crippen molar-refractivity contribution in [1.29, 1.82) is 0 Å². The van der Waals surface area contributed by atoms with Crippen LogP contribution in [-0.4, -0.2) is 25.2 Å². The van der Waals surface area contributed by atoms with Gasteiger partial charge in [-0.3, -0.25) is 0 Å². The third-order valence-electron chi connectivity index (χ3n) is 2.40. The summed E-state index contributed by atoms with van der Waals surface area (Å²) >= 11 is 1.86. The molecule has 0 spiro atoms. The molecule has 0 amide bonds. The molecule has 0 saturated heterocycles. The Labute approximate surface area is 108 Å². The van der Waals surface area contributed by atoms with Gasteiger partial charge in [0.25, 0.3) is 0 Å². The summed E-state index contributed by atoms with van der Waals surface area (Å²) in [4.78, 5) is 0. The molecule has 1 rings (SSSR count). The highest BCUT2D eigenvalue weighted by Gasteiger charge is 2.09. The average molecular weight is 255 g/mol. The van der Waals surface area contributed by atoms with E-state index >= 15 is 0 Å². The molecule has 0 aliphatic carbocycles. The number of thioether (sulfide) groups is 1. The predicted octanol–water partition coefficient (Wildman–Crippen LogP) is 2.85. The van der Waals surface area contributed by atoms with E-state index in [4.69, 9.17) is 15.2 Å². The summed E-state index contributed by atoms with van der Waals surface area (Å²) in [6, 6.07) is 5.74. The van der Waals surface area contributed by atoms with Gasteiger partial charge >= 0.3 is 0 Å². The molecule has 1 aromatic rings. The van der Waals surface area contributed by atoms with Crippen LogP contribution in [-0.2, 0) is 0 Å². The Morgan fingerprint density at radius 3 is 2.76 bits per heavy atom. The molecule has 1 atom stereocenters. The molecule has 96 valence electrons. The first-order valence-electron chi connectivity index (χ1n) is 5.83. The van der Waals surface area contributed by atoms with Crippen LogP contribution < -0.4 is 15.2 Å². The van der Waals surface area contributed by atoms with Crippen LogP contribution in [0.2, 0.25) is 0 Å². The fourth-order valence-corrected chi connectivity index (χ4v) is 1.99. The summed E-state index contributed by atoms with van der Waals surface area (Å²) in [6.45, 7) is 4.80. The van der Waals surface area contributed by atoms with E-state index in [0.29, 0.717) is 6.61 Å². The van der Waals surface area contributed by atoms with Gasteiger partial charge < -0.3 is 15.2 Å². The number of nitrogens with two attached hydrogens (primary N) is 1. The molecule has 0 aliphatic heterocycles. The van der Waals surface area contributed by atoms with Crippen molar-refractivity contribution in [2.24, 2.45) is 5.73 Å². The standard InChI is InChI=1S/C13H21NO2S/c1-4-17-8-7-16-13-9-11(15-3)5-6-12(13)10(2)14/h5-6,9-10H,4,7-8,14H2,1-3H3/t10-/m0/s1. The Kier molecular flexibility index (Phi) is 6.22. The topological polar surface area (TPSA) is 44.5 Å². The average Bonchev–Trinajstić information content (AvgIpc) is 2.34. The lowest BCUT2D eigenvalue weighted by atomic mass is 10.1. The number of methoxy groups -OCH3 is 1. The Morgan fingerprint density at radius 1 is 1.41 bits per heavy atom. The van der Waals surface area contributed by atoms with Crippen LogP contribution in [0, 0.1) is 0 Å². The van der Waals surface area contributed by atoms with E-state index in [-0.39, 0.29) is 6.04 Å². The number of rotatable bonds is 7. The second-order valence-corrected chi connectivity index (χ2v) is 5.13. The Balaban J connectivity index is 2.71. The van der Waals surface area contributed by atoms with E-state index in [1.807, 2.05) is 36.9 Å². The molecular weight excluding hydrogens is 234 g/mol. The van der Waals surface area contributed by atoms with Gasteiger partial charge in [0.2, 0.25) is 0 Å². The van der Waals surface area contributed by atoms with Crippen molar-refractivity contribution >= 4 is 11.8 Å².